The third-order valence-electron chi connectivity index (χ3n) is 4.20. The molecule has 1 aromatic carbocycles. The lowest BCUT2D eigenvalue weighted by molar-refractivity contribution is -0.384. The number of benzene rings is 1. The highest BCUT2D eigenvalue weighted by Crippen LogP contribution is 2.32. The van der Waals surface area contributed by atoms with E-state index in [0.29, 0.717) is 6.54 Å². The first kappa shape index (κ1) is 15.4. The van der Waals surface area contributed by atoms with Crippen LogP contribution in [0.3, 0.4) is 0 Å². The molecule has 0 radical (unpaired) electrons. The van der Waals surface area contributed by atoms with Crippen molar-refractivity contribution in [3.63, 3.8) is 0 Å². The molecule has 0 bridgehead atoms. The summed E-state index contributed by atoms with van der Waals surface area (Å²) in [6.45, 7) is 7.09. The fourth-order valence-corrected chi connectivity index (χ4v) is 2.58. The van der Waals surface area contributed by atoms with Gasteiger partial charge in [0.2, 0.25) is 5.91 Å². The second-order valence-electron chi connectivity index (χ2n) is 6.01. The van der Waals surface area contributed by atoms with Gasteiger partial charge in [-0.25, -0.2) is 0 Å². The average molecular weight is 291 g/mol. The lowest BCUT2D eigenvalue weighted by Gasteiger charge is -2.32. The lowest BCUT2D eigenvalue weighted by Crippen LogP contribution is -2.46. The van der Waals surface area contributed by atoms with Crippen LogP contribution in [-0.4, -0.2) is 23.9 Å². The number of rotatable bonds is 3. The van der Waals surface area contributed by atoms with Crippen LogP contribution >= 0.6 is 0 Å². The zero-order valence-electron chi connectivity index (χ0n) is 12.7. The number of nitro benzene ring substituents is 1. The predicted octanol–water partition coefficient (Wildman–Crippen LogP) is 2.54. The zero-order valence-corrected chi connectivity index (χ0v) is 12.7. The molecule has 0 aliphatic carbocycles. The van der Waals surface area contributed by atoms with E-state index in [-0.39, 0.29) is 17.3 Å². The molecular formula is C15H21N3O3. The van der Waals surface area contributed by atoms with E-state index < -0.39 is 10.3 Å². The smallest absolute Gasteiger partial charge is 0.293 e. The van der Waals surface area contributed by atoms with Gasteiger partial charge in [0.15, 0.2) is 0 Å². The molecule has 6 heteroatoms. The Bertz CT molecular complexity index is 578. The third-order valence-corrected chi connectivity index (χ3v) is 4.20. The maximum atomic E-state index is 12.5. The number of aryl methyl sites for hydroxylation is 2. The molecule has 2 rings (SSSR count). The average Bonchev–Trinajstić information content (AvgIpc) is 2.43. The van der Waals surface area contributed by atoms with Gasteiger partial charge in [-0.05, 0) is 57.4 Å². The summed E-state index contributed by atoms with van der Waals surface area (Å²) in [5, 5.41) is 17.1. The number of nitrogens with one attached hydrogen (secondary N) is 2. The van der Waals surface area contributed by atoms with Crippen molar-refractivity contribution in [2.45, 2.75) is 33.6 Å². The summed E-state index contributed by atoms with van der Waals surface area (Å²) in [6, 6.07) is 3.18. The molecule has 21 heavy (non-hydrogen) atoms. The van der Waals surface area contributed by atoms with Gasteiger partial charge in [0.05, 0.1) is 10.3 Å². The standard InChI is InChI=1S/C15H21N3O3/c1-10-7-12(13(18(20)21)8-11(10)2)17-14(19)15(3)5-4-6-16-9-15/h7-8,16H,4-6,9H2,1-3H3,(H,17,19). The number of hydrogen-bond acceptors (Lipinski definition) is 4. The summed E-state index contributed by atoms with van der Waals surface area (Å²) in [7, 11) is 0. The maximum absolute atomic E-state index is 12.5. The van der Waals surface area contributed by atoms with Crippen molar-refractivity contribution in [2.75, 3.05) is 18.4 Å². The van der Waals surface area contributed by atoms with Crippen LogP contribution in [0, 0.1) is 29.4 Å². The van der Waals surface area contributed by atoms with Gasteiger partial charge in [0.1, 0.15) is 5.69 Å². The summed E-state index contributed by atoms with van der Waals surface area (Å²) in [4.78, 5) is 23.2. The molecule has 1 fully saturated rings. The predicted molar refractivity (Wildman–Crippen MR) is 81.4 cm³/mol. The molecule has 114 valence electrons. The Morgan fingerprint density at radius 3 is 2.62 bits per heavy atom. The molecule has 6 nitrogen and oxygen atoms in total. The Kier molecular flexibility index (Phi) is 4.27. The minimum Gasteiger partial charge on any atom is -0.320 e. The van der Waals surface area contributed by atoms with Gasteiger partial charge >= 0.3 is 0 Å². The molecule has 1 saturated heterocycles. The number of nitrogens with zero attached hydrogens (tertiary/aromatic N) is 1. The fraction of sp³-hybridized carbons (Fsp3) is 0.533. The van der Waals surface area contributed by atoms with Gasteiger partial charge in [-0.15, -0.1) is 0 Å². The van der Waals surface area contributed by atoms with Crippen molar-refractivity contribution in [2.24, 2.45) is 5.41 Å². The van der Waals surface area contributed by atoms with Gasteiger partial charge in [-0.1, -0.05) is 0 Å². The van der Waals surface area contributed by atoms with Crippen molar-refractivity contribution >= 4 is 17.3 Å². The van der Waals surface area contributed by atoms with Crippen molar-refractivity contribution in [1.82, 2.24) is 5.32 Å². The number of nitro groups is 1. The summed E-state index contributed by atoms with van der Waals surface area (Å²) < 4.78 is 0. The molecule has 1 atom stereocenters. The Balaban J connectivity index is 2.28. The number of anilines is 1. The zero-order chi connectivity index (χ0) is 15.6. The minimum atomic E-state index is -0.523. The molecule has 0 spiro atoms. The van der Waals surface area contributed by atoms with Gasteiger partial charge in [-0.3, -0.25) is 14.9 Å². The largest absolute Gasteiger partial charge is 0.320 e. The van der Waals surface area contributed by atoms with Crippen LogP contribution in [0.25, 0.3) is 0 Å². The van der Waals surface area contributed by atoms with Crippen LogP contribution in [-0.2, 0) is 4.79 Å². The van der Waals surface area contributed by atoms with Crippen LogP contribution < -0.4 is 10.6 Å². The first-order valence-electron chi connectivity index (χ1n) is 7.11. The summed E-state index contributed by atoms with van der Waals surface area (Å²) in [5.74, 6) is -0.166. The Labute approximate surface area is 124 Å². The molecule has 2 N–H and O–H groups in total. The monoisotopic (exact) mass is 291 g/mol. The molecule has 1 aliphatic heterocycles. The highest BCUT2D eigenvalue weighted by Gasteiger charge is 2.35. The van der Waals surface area contributed by atoms with Crippen molar-refractivity contribution in [3.8, 4) is 0 Å². The van der Waals surface area contributed by atoms with E-state index in [1.54, 1.807) is 6.07 Å². The Hall–Kier alpha value is -1.95. The lowest BCUT2D eigenvalue weighted by atomic mass is 9.82. The molecule has 1 aromatic rings. The van der Waals surface area contributed by atoms with Gasteiger partial charge in [0.25, 0.3) is 5.69 Å². The molecule has 0 saturated carbocycles. The van der Waals surface area contributed by atoms with E-state index in [2.05, 4.69) is 10.6 Å². The van der Waals surface area contributed by atoms with E-state index in [4.69, 9.17) is 0 Å². The SMILES string of the molecule is Cc1cc(NC(=O)C2(C)CCCNC2)c([N+](=O)[O-])cc1C. The second kappa shape index (κ2) is 5.81. The number of piperidine rings is 1. The number of carbonyl (C=O) groups is 1. The highest BCUT2D eigenvalue weighted by atomic mass is 16.6. The number of carbonyl (C=O) groups excluding carboxylic acids is 1. The van der Waals surface area contributed by atoms with Crippen LogP contribution in [0.2, 0.25) is 0 Å². The van der Waals surface area contributed by atoms with Crippen LogP contribution in [0.5, 0.6) is 0 Å². The maximum Gasteiger partial charge on any atom is 0.293 e. The van der Waals surface area contributed by atoms with E-state index in [1.807, 2.05) is 20.8 Å². The van der Waals surface area contributed by atoms with Crippen molar-refractivity contribution in [3.05, 3.63) is 33.4 Å². The molecule has 0 aromatic heterocycles. The normalized spacial score (nSPS) is 21.9. The first-order chi connectivity index (χ1) is 9.83. The Morgan fingerprint density at radius 2 is 2.05 bits per heavy atom. The number of amides is 1. The first-order valence-corrected chi connectivity index (χ1v) is 7.11. The van der Waals surface area contributed by atoms with Crippen LogP contribution in [0.4, 0.5) is 11.4 Å². The van der Waals surface area contributed by atoms with Crippen LogP contribution in [0.1, 0.15) is 30.9 Å². The fourth-order valence-electron chi connectivity index (χ4n) is 2.58. The van der Waals surface area contributed by atoms with Crippen molar-refractivity contribution < 1.29 is 9.72 Å². The molecule has 1 amide bonds. The van der Waals surface area contributed by atoms with E-state index in [9.17, 15) is 14.9 Å². The van der Waals surface area contributed by atoms with Crippen molar-refractivity contribution in [1.29, 1.82) is 0 Å². The van der Waals surface area contributed by atoms with Gasteiger partial charge in [-0.2, -0.15) is 0 Å². The number of hydrogen-bond donors (Lipinski definition) is 2. The third kappa shape index (κ3) is 3.21. The molecule has 1 aliphatic rings. The topological polar surface area (TPSA) is 84.3 Å². The van der Waals surface area contributed by atoms with Gasteiger partial charge < -0.3 is 10.6 Å². The highest BCUT2D eigenvalue weighted by molar-refractivity contribution is 5.97. The van der Waals surface area contributed by atoms with E-state index in [1.165, 1.54) is 6.07 Å². The summed E-state index contributed by atoms with van der Waals surface area (Å²) in [5.41, 5.74) is 1.46. The van der Waals surface area contributed by atoms with E-state index in [0.717, 1.165) is 30.5 Å². The molecule has 1 unspecified atom stereocenters. The van der Waals surface area contributed by atoms with Crippen LogP contribution in [0.15, 0.2) is 12.1 Å². The van der Waals surface area contributed by atoms with Gasteiger partial charge in [0, 0.05) is 12.6 Å². The Morgan fingerprint density at radius 1 is 1.38 bits per heavy atom. The summed E-state index contributed by atoms with van der Waals surface area (Å²) in [6.07, 6.45) is 1.71. The molecular weight excluding hydrogens is 270 g/mol. The summed E-state index contributed by atoms with van der Waals surface area (Å²) >= 11 is 0. The minimum absolute atomic E-state index is 0.0566. The molecule has 1 heterocycles. The second-order valence-corrected chi connectivity index (χ2v) is 6.01. The van der Waals surface area contributed by atoms with E-state index >= 15 is 0 Å². The quantitative estimate of drug-likeness (QED) is 0.662.